The molecule has 16 heavy (non-hydrogen) atoms. The molecule has 88 valence electrons. The molecule has 0 saturated heterocycles. The minimum absolute atomic E-state index is 0.224. The van der Waals surface area contributed by atoms with Gasteiger partial charge < -0.3 is 4.74 Å². The fourth-order valence-electron chi connectivity index (χ4n) is 1.92. The number of aryl methyl sites for hydroxylation is 3. The normalized spacial score (nSPS) is 12.3. The highest BCUT2D eigenvalue weighted by Crippen LogP contribution is 2.30. The molecule has 1 aromatic carbocycles. The predicted molar refractivity (Wildman–Crippen MR) is 69.0 cm³/mol. The third-order valence-electron chi connectivity index (χ3n) is 2.49. The van der Waals surface area contributed by atoms with Crippen LogP contribution in [0.25, 0.3) is 0 Å². The number of hydrogen-bond acceptors (Lipinski definition) is 2. The number of alkyl halides is 1. The van der Waals surface area contributed by atoms with Crippen molar-refractivity contribution in [3.63, 3.8) is 0 Å². The monoisotopic (exact) mass is 284 g/mol. The summed E-state index contributed by atoms with van der Waals surface area (Å²) in [6, 6.07) is 4.16. The molecule has 3 heteroatoms. The van der Waals surface area contributed by atoms with Gasteiger partial charge in [0.1, 0.15) is 4.83 Å². The number of rotatable bonds is 3. The van der Waals surface area contributed by atoms with E-state index in [1.165, 1.54) is 5.56 Å². The van der Waals surface area contributed by atoms with Gasteiger partial charge in [-0.2, -0.15) is 0 Å². The molecule has 0 saturated carbocycles. The van der Waals surface area contributed by atoms with Gasteiger partial charge in [0.15, 0.2) is 0 Å². The average Bonchev–Trinajstić information content (AvgIpc) is 2.16. The van der Waals surface area contributed by atoms with Gasteiger partial charge in [-0.05, 0) is 44.4 Å². The van der Waals surface area contributed by atoms with Crippen molar-refractivity contribution in [2.24, 2.45) is 0 Å². The Morgan fingerprint density at radius 3 is 2.25 bits per heavy atom. The van der Waals surface area contributed by atoms with E-state index in [1.807, 2.05) is 20.8 Å². The van der Waals surface area contributed by atoms with Crippen LogP contribution in [0, 0.1) is 20.8 Å². The van der Waals surface area contributed by atoms with E-state index in [1.54, 1.807) is 0 Å². The standard InChI is InChI=1S/C13H17BrO2/c1-5-16-13(15)12(14)11-9(3)6-8(2)7-10(11)4/h6-7,12H,5H2,1-4H3. The molecule has 0 aliphatic carbocycles. The molecular weight excluding hydrogens is 268 g/mol. The molecule has 0 heterocycles. The number of carbonyl (C=O) groups is 1. The highest BCUT2D eigenvalue weighted by Gasteiger charge is 2.22. The van der Waals surface area contributed by atoms with Gasteiger partial charge in [-0.1, -0.05) is 33.6 Å². The molecule has 0 radical (unpaired) electrons. The number of benzene rings is 1. The van der Waals surface area contributed by atoms with Crippen molar-refractivity contribution in [2.75, 3.05) is 6.61 Å². The van der Waals surface area contributed by atoms with Crippen molar-refractivity contribution in [2.45, 2.75) is 32.5 Å². The summed E-state index contributed by atoms with van der Waals surface area (Å²) in [6.07, 6.45) is 0. The minimum atomic E-state index is -0.368. The number of carbonyl (C=O) groups excluding carboxylic acids is 1. The first-order chi connectivity index (χ1) is 7.47. The number of halogens is 1. The van der Waals surface area contributed by atoms with Gasteiger partial charge in [0, 0.05) is 0 Å². The third-order valence-corrected chi connectivity index (χ3v) is 3.32. The molecule has 0 N–H and O–H groups in total. The lowest BCUT2D eigenvalue weighted by Gasteiger charge is -2.15. The molecule has 1 atom stereocenters. The van der Waals surface area contributed by atoms with Crippen LogP contribution in [0.2, 0.25) is 0 Å². The zero-order chi connectivity index (χ0) is 12.3. The zero-order valence-corrected chi connectivity index (χ0v) is 11.7. The number of ether oxygens (including phenoxy) is 1. The first-order valence-electron chi connectivity index (χ1n) is 5.35. The quantitative estimate of drug-likeness (QED) is 0.626. The van der Waals surface area contributed by atoms with E-state index in [4.69, 9.17) is 4.74 Å². The summed E-state index contributed by atoms with van der Waals surface area (Å²) in [5.74, 6) is -0.224. The van der Waals surface area contributed by atoms with E-state index in [-0.39, 0.29) is 10.8 Å². The van der Waals surface area contributed by atoms with Crippen molar-refractivity contribution in [1.29, 1.82) is 0 Å². The summed E-state index contributed by atoms with van der Waals surface area (Å²) < 4.78 is 5.01. The first-order valence-corrected chi connectivity index (χ1v) is 6.27. The van der Waals surface area contributed by atoms with E-state index in [0.717, 1.165) is 16.7 Å². The van der Waals surface area contributed by atoms with E-state index < -0.39 is 0 Å². The lowest BCUT2D eigenvalue weighted by atomic mass is 9.97. The SMILES string of the molecule is CCOC(=O)C(Br)c1c(C)cc(C)cc1C. The molecule has 0 aliphatic heterocycles. The summed E-state index contributed by atoms with van der Waals surface area (Å²) in [4.78, 5) is 11.3. The summed E-state index contributed by atoms with van der Waals surface area (Å²) in [6.45, 7) is 8.31. The molecule has 1 aromatic rings. The molecule has 2 nitrogen and oxygen atoms in total. The smallest absolute Gasteiger partial charge is 0.324 e. The maximum Gasteiger partial charge on any atom is 0.324 e. The van der Waals surface area contributed by atoms with Crippen LogP contribution in [0.15, 0.2) is 12.1 Å². The van der Waals surface area contributed by atoms with E-state index in [9.17, 15) is 4.79 Å². The Labute approximate surface area is 105 Å². The maximum atomic E-state index is 11.7. The Morgan fingerprint density at radius 2 is 1.81 bits per heavy atom. The third kappa shape index (κ3) is 2.85. The minimum Gasteiger partial charge on any atom is -0.465 e. The molecule has 1 rings (SSSR count). The van der Waals surface area contributed by atoms with Crippen LogP contribution in [0.5, 0.6) is 0 Å². The second-order valence-corrected chi connectivity index (χ2v) is 4.84. The van der Waals surface area contributed by atoms with Crippen LogP contribution in [0.1, 0.15) is 34.0 Å². The van der Waals surface area contributed by atoms with Gasteiger partial charge in [0.2, 0.25) is 0 Å². The number of hydrogen-bond donors (Lipinski definition) is 0. The zero-order valence-electron chi connectivity index (χ0n) is 10.1. The van der Waals surface area contributed by atoms with Gasteiger partial charge in [-0.3, -0.25) is 4.79 Å². The summed E-state index contributed by atoms with van der Waals surface area (Å²) in [5.41, 5.74) is 4.46. The van der Waals surface area contributed by atoms with Crippen molar-refractivity contribution in [3.05, 3.63) is 34.4 Å². The van der Waals surface area contributed by atoms with Crippen LogP contribution in [-0.2, 0) is 9.53 Å². The van der Waals surface area contributed by atoms with Gasteiger partial charge in [-0.15, -0.1) is 0 Å². The Bertz CT molecular complexity index is 376. The van der Waals surface area contributed by atoms with Gasteiger partial charge in [0.05, 0.1) is 6.61 Å². The molecule has 0 amide bonds. The van der Waals surface area contributed by atoms with Crippen LogP contribution < -0.4 is 0 Å². The average molecular weight is 285 g/mol. The molecule has 0 aliphatic rings. The Kier molecular flexibility index (Phi) is 4.54. The van der Waals surface area contributed by atoms with Gasteiger partial charge in [0.25, 0.3) is 0 Å². The van der Waals surface area contributed by atoms with Crippen molar-refractivity contribution in [3.8, 4) is 0 Å². The van der Waals surface area contributed by atoms with Crippen molar-refractivity contribution in [1.82, 2.24) is 0 Å². The predicted octanol–water partition coefficient (Wildman–Crippen LogP) is 3.61. The topological polar surface area (TPSA) is 26.3 Å². The Morgan fingerprint density at radius 1 is 1.31 bits per heavy atom. The first kappa shape index (κ1) is 13.2. The van der Waals surface area contributed by atoms with Crippen LogP contribution in [-0.4, -0.2) is 12.6 Å². The lowest BCUT2D eigenvalue weighted by Crippen LogP contribution is -2.13. The second-order valence-electron chi connectivity index (χ2n) is 3.93. The van der Waals surface area contributed by atoms with E-state index in [2.05, 4.69) is 35.0 Å². The van der Waals surface area contributed by atoms with Crippen LogP contribution in [0.3, 0.4) is 0 Å². The highest BCUT2D eigenvalue weighted by molar-refractivity contribution is 9.09. The Balaban J connectivity index is 3.08. The fourth-order valence-corrected chi connectivity index (χ4v) is 2.78. The summed E-state index contributed by atoms with van der Waals surface area (Å²) >= 11 is 3.40. The van der Waals surface area contributed by atoms with Crippen molar-refractivity contribution >= 4 is 21.9 Å². The number of esters is 1. The van der Waals surface area contributed by atoms with Gasteiger partial charge in [-0.25, -0.2) is 0 Å². The van der Waals surface area contributed by atoms with Gasteiger partial charge >= 0.3 is 5.97 Å². The summed E-state index contributed by atoms with van der Waals surface area (Å²) in [7, 11) is 0. The highest BCUT2D eigenvalue weighted by atomic mass is 79.9. The molecule has 0 spiro atoms. The van der Waals surface area contributed by atoms with E-state index >= 15 is 0 Å². The van der Waals surface area contributed by atoms with Crippen LogP contribution >= 0.6 is 15.9 Å². The molecule has 0 bridgehead atoms. The molecular formula is C13H17BrO2. The molecule has 1 unspecified atom stereocenters. The fraction of sp³-hybridized carbons (Fsp3) is 0.462. The Hall–Kier alpha value is -0.830. The molecule has 0 aromatic heterocycles. The molecule has 0 fully saturated rings. The largest absolute Gasteiger partial charge is 0.465 e. The maximum absolute atomic E-state index is 11.7. The van der Waals surface area contributed by atoms with Crippen LogP contribution in [0.4, 0.5) is 0 Å². The van der Waals surface area contributed by atoms with Crippen molar-refractivity contribution < 1.29 is 9.53 Å². The summed E-state index contributed by atoms with van der Waals surface area (Å²) in [5, 5.41) is 0. The van der Waals surface area contributed by atoms with E-state index in [0.29, 0.717) is 6.61 Å². The second kappa shape index (κ2) is 5.48. The lowest BCUT2D eigenvalue weighted by molar-refractivity contribution is -0.142.